The molecule has 3 rings (SSSR count). The molecular weight excluding hydrogens is 350 g/mol. The van der Waals surface area contributed by atoms with E-state index in [-0.39, 0.29) is 24.4 Å². The van der Waals surface area contributed by atoms with E-state index in [0.29, 0.717) is 43.3 Å². The summed E-state index contributed by atoms with van der Waals surface area (Å²) in [7, 11) is 1.59. The van der Waals surface area contributed by atoms with Gasteiger partial charge in [0.25, 0.3) is 0 Å². The second-order valence-electron chi connectivity index (χ2n) is 6.37. The summed E-state index contributed by atoms with van der Waals surface area (Å²) < 4.78 is 10.1. The van der Waals surface area contributed by atoms with E-state index < -0.39 is 0 Å². The van der Waals surface area contributed by atoms with Crippen LogP contribution in [-0.4, -0.2) is 47.2 Å². The number of rotatable bonds is 5. The maximum absolute atomic E-state index is 12.4. The molecule has 27 heavy (non-hydrogen) atoms. The Morgan fingerprint density at radius 2 is 1.96 bits per heavy atom. The van der Waals surface area contributed by atoms with Crippen LogP contribution in [0.4, 0.5) is 10.5 Å². The van der Waals surface area contributed by atoms with Gasteiger partial charge in [-0.15, -0.1) is 0 Å². The van der Waals surface area contributed by atoms with E-state index in [2.05, 4.69) is 20.8 Å². The van der Waals surface area contributed by atoms with Crippen molar-refractivity contribution in [3.05, 3.63) is 36.0 Å². The number of nitrogens with one attached hydrogen (secondary N) is 2. The molecule has 3 amide bonds. The van der Waals surface area contributed by atoms with Crippen molar-refractivity contribution in [2.24, 2.45) is 5.92 Å². The molecule has 2 heterocycles. The van der Waals surface area contributed by atoms with Gasteiger partial charge in [0.15, 0.2) is 5.82 Å². The summed E-state index contributed by atoms with van der Waals surface area (Å²) >= 11 is 0. The van der Waals surface area contributed by atoms with Crippen LogP contribution in [0.3, 0.4) is 0 Å². The molecule has 1 saturated heterocycles. The van der Waals surface area contributed by atoms with Crippen molar-refractivity contribution in [3.63, 3.8) is 0 Å². The zero-order valence-electron chi connectivity index (χ0n) is 15.4. The van der Waals surface area contributed by atoms with Crippen LogP contribution < -0.4 is 15.4 Å². The number of aryl methyl sites for hydroxylation is 1. The van der Waals surface area contributed by atoms with Crippen LogP contribution in [0.1, 0.15) is 24.6 Å². The molecule has 0 bridgehead atoms. The Bertz CT molecular complexity index is 781. The molecule has 0 saturated carbocycles. The largest absolute Gasteiger partial charge is 0.497 e. The highest BCUT2D eigenvalue weighted by Gasteiger charge is 2.27. The molecule has 0 aliphatic carbocycles. The Labute approximate surface area is 157 Å². The van der Waals surface area contributed by atoms with Crippen LogP contribution in [0.15, 0.2) is 28.8 Å². The predicted octanol–water partition coefficient (Wildman–Crippen LogP) is 1.95. The highest BCUT2D eigenvalue weighted by Crippen LogP contribution is 2.20. The van der Waals surface area contributed by atoms with E-state index >= 15 is 0 Å². The van der Waals surface area contributed by atoms with Gasteiger partial charge in [-0.25, -0.2) is 4.79 Å². The molecule has 1 fully saturated rings. The first kappa shape index (κ1) is 18.7. The number of methoxy groups -OCH3 is 1. The van der Waals surface area contributed by atoms with Crippen LogP contribution in [-0.2, 0) is 11.3 Å². The lowest BCUT2D eigenvalue weighted by atomic mass is 9.96. The third-order valence-electron chi connectivity index (χ3n) is 4.48. The molecule has 0 atom stereocenters. The zero-order chi connectivity index (χ0) is 19.2. The molecule has 2 aromatic rings. The monoisotopic (exact) mass is 373 g/mol. The number of urea groups is 1. The van der Waals surface area contributed by atoms with E-state index in [1.807, 2.05) is 0 Å². The van der Waals surface area contributed by atoms with E-state index in [4.69, 9.17) is 9.26 Å². The number of piperidine rings is 1. The number of carbonyl (C=O) groups is 2. The SMILES string of the molecule is COc1ccc(NC(=O)N2CCC(C(=O)NCc3nc(C)no3)CC2)cc1. The number of hydrogen-bond donors (Lipinski definition) is 2. The molecular formula is C18H23N5O4. The summed E-state index contributed by atoms with van der Waals surface area (Å²) in [6.07, 6.45) is 1.23. The standard InChI is InChI=1S/C18H23N5O4/c1-12-20-16(27-22-12)11-19-17(24)13-7-9-23(10-8-13)18(25)21-14-3-5-15(26-2)6-4-14/h3-6,13H,7-11H2,1-2H3,(H,19,24)(H,21,25). The third kappa shape index (κ3) is 4.96. The number of likely N-dealkylation sites (tertiary alicyclic amines) is 1. The van der Waals surface area contributed by atoms with Gasteiger partial charge in [0, 0.05) is 24.7 Å². The smallest absolute Gasteiger partial charge is 0.321 e. The summed E-state index contributed by atoms with van der Waals surface area (Å²) in [5, 5.41) is 9.35. The van der Waals surface area contributed by atoms with Crippen LogP contribution in [0.2, 0.25) is 0 Å². The topological polar surface area (TPSA) is 110 Å². The van der Waals surface area contributed by atoms with Crippen molar-refractivity contribution in [2.45, 2.75) is 26.3 Å². The molecule has 2 N–H and O–H groups in total. The average Bonchev–Trinajstić information content (AvgIpc) is 3.12. The van der Waals surface area contributed by atoms with Crippen molar-refractivity contribution >= 4 is 17.6 Å². The van der Waals surface area contributed by atoms with Crippen molar-refractivity contribution in [3.8, 4) is 5.75 Å². The van der Waals surface area contributed by atoms with Crippen LogP contribution in [0, 0.1) is 12.8 Å². The Morgan fingerprint density at radius 3 is 2.56 bits per heavy atom. The third-order valence-corrected chi connectivity index (χ3v) is 4.48. The number of hydrogen-bond acceptors (Lipinski definition) is 6. The van der Waals surface area contributed by atoms with E-state index in [0.717, 1.165) is 5.75 Å². The number of ether oxygens (including phenoxy) is 1. The number of benzene rings is 1. The molecule has 1 aromatic heterocycles. The van der Waals surface area contributed by atoms with Gasteiger partial charge in [-0.3, -0.25) is 4.79 Å². The number of amides is 3. The first-order valence-electron chi connectivity index (χ1n) is 8.82. The Kier molecular flexibility index (Phi) is 5.90. The summed E-state index contributed by atoms with van der Waals surface area (Å²) in [5.74, 6) is 1.48. The lowest BCUT2D eigenvalue weighted by Crippen LogP contribution is -2.44. The first-order chi connectivity index (χ1) is 13.0. The molecule has 9 nitrogen and oxygen atoms in total. The van der Waals surface area contributed by atoms with E-state index in [1.54, 1.807) is 43.2 Å². The lowest BCUT2D eigenvalue weighted by molar-refractivity contribution is -0.126. The van der Waals surface area contributed by atoms with Gasteiger partial charge >= 0.3 is 6.03 Å². The van der Waals surface area contributed by atoms with Gasteiger partial charge in [-0.05, 0) is 44.0 Å². The average molecular weight is 373 g/mol. The predicted molar refractivity (Wildman–Crippen MR) is 97.2 cm³/mol. The number of anilines is 1. The maximum Gasteiger partial charge on any atom is 0.321 e. The van der Waals surface area contributed by atoms with Gasteiger partial charge in [-0.2, -0.15) is 4.98 Å². The van der Waals surface area contributed by atoms with E-state index in [1.165, 1.54) is 0 Å². The highest BCUT2D eigenvalue weighted by molar-refractivity contribution is 5.89. The van der Waals surface area contributed by atoms with Crippen molar-refractivity contribution in [1.82, 2.24) is 20.4 Å². The van der Waals surface area contributed by atoms with Gasteiger partial charge in [0.2, 0.25) is 11.8 Å². The van der Waals surface area contributed by atoms with Gasteiger partial charge in [0.05, 0.1) is 13.7 Å². The Morgan fingerprint density at radius 1 is 1.26 bits per heavy atom. The minimum absolute atomic E-state index is 0.0546. The van der Waals surface area contributed by atoms with Crippen molar-refractivity contribution < 1.29 is 18.8 Å². The summed E-state index contributed by atoms with van der Waals surface area (Å²) in [4.78, 5) is 30.4. The number of carbonyl (C=O) groups excluding carboxylic acids is 2. The lowest BCUT2D eigenvalue weighted by Gasteiger charge is -2.31. The quantitative estimate of drug-likeness (QED) is 0.829. The molecule has 1 aromatic carbocycles. The van der Waals surface area contributed by atoms with Crippen molar-refractivity contribution in [2.75, 3.05) is 25.5 Å². The molecule has 144 valence electrons. The molecule has 1 aliphatic heterocycles. The van der Waals surface area contributed by atoms with Crippen LogP contribution in [0.5, 0.6) is 5.75 Å². The molecule has 9 heteroatoms. The zero-order valence-corrected chi connectivity index (χ0v) is 15.4. The molecule has 0 unspecified atom stereocenters. The summed E-state index contributed by atoms with van der Waals surface area (Å²) in [6.45, 7) is 3.00. The maximum atomic E-state index is 12.4. The molecule has 1 aliphatic rings. The second-order valence-corrected chi connectivity index (χ2v) is 6.37. The first-order valence-corrected chi connectivity index (χ1v) is 8.82. The minimum Gasteiger partial charge on any atom is -0.497 e. The molecule has 0 radical (unpaired) electrons. The summed E-state index contributed by atoms with van der Waals surface area (Å²) in [6, 6.07) is 6.99. The normalized spacial score (nSPS) is 14.7. The highest BCUT2D eigenvalue weighted by atomic mass is 16.5. The van der Waals surface area contributed by atoms with Crippen molar-refractivity contribution in [1.29, 1.82) is 0 Å². The fourth-order valence-corrected chi connectivity index (χ4v) is 2.94. The van der Waals surface area contributed by atoms with Gasteiger partial charge in [-0.1, -0.05) is 5.16 Å². The minimum atomic E-state index is -0.166. The van der Waals surface area contributed by atoms with Gasteiger partial charge in [0.1, 0.15) is 5.75 Å². The van der Waals surface area contributed by atoms with Gasteiger partial charge < -0.3 is 24.8 Å². The van der Waals surface area contributed by atoms with Crippen LogP contribution in [0.25, 0.3) is 0 Å². The fraction of sp³-hybridized carbons (Fsp3) is 0.444. The summed E-state index contributed by atoms with van der Waals surface area (Å²) in [5.41, 5.74) is 0.704. The second kappa shape index (κ2) is 8.52. The number of nitrogens with zero attached hydrogens (tertiary/aromatic N) is 3. The number of aromatic nitrogens is 2. The van der Waals surface area contributed by atoms with E-state index in [9.17, 15) is 9.59 Å². The van der Waals surface area contributed by atoms with Crippen LogP contribution >= 0.6 is 0 Å². The Balaban J connectivity index is 1.43. The Hall–Kier alpha value is -3.10. The molecule has 0 spiro atoms. The fourth-order valence-electron chi connectivity index (χ4n) is 2.94.